The molecule has 2 heterocycles. The second-order valence-corrected chi connectivity index (χ2v) is 7.92. The van der Waals surface area contributed by atoms with Crippen molar-refractivity contribution in [3.8, 4) is 0 Å². The minimum absolute atomic E-state index is 0.215. The maximum absolute atomic E-state index is 12.7. The van der Waals surface area contributed by atoms with E-state index in [9.17, 15) is 13.2 Å². The molecule has 0 saturated heterocycles. The van der Waals surface area contributed by atoms with E-state index < -0.39 is 9.84 Å². The molecule has 1 aliphatic heterocycles. The summed E-state index contributed by atoms with van der Waals surface area (Å²) in [6.07, 6.45) is 2.46. The molecule has 0 radical (unpaired) electrons. The summed E-state index contributed by atoms with van der Waals surface area (Å²) in [5.74, 6) is 0.288. The van der Waals surface area contributed by atoms with Gasteiger partial charge in [0.1, 0.15) is 5.82 Å². The average Bonchev–Trinajstić information content (AvgIpc) is 2.50. The largest absolute Gasteiger partial charge is 0.330 e. The smallest absolute Gasteiger partial charge is 0.288 e. The molecule has 126 valence electrons. The Morgan fingerprint density at radius 3 is 2.62 bits per heavy atom. The van der Waals surface area contributed by atoms with Crippen LogP contribution in [0.5, 0.6) is 0 Å². The minimum atomic E-state index is -3.55. The first-order valence-corrected chi connectivity index (χ1v) is 9.33. The summed E-state index contributed by atoms with van der Waals surface area (Å²) >= 11 is 6.27. The van der Waals surface area contributed by atoms with E-state index in [4.69, 9.17) is 11.6 Å². The number of amides is 2. The van der Waals surface area contributed by atoms with Crippen LogP contribution in [0.1, 0.15) is 11.1 Å². The molecule has 0 bridgehead atoms. The van der Waals surface area contributed by atoms with Crippen molar-refractivity contribution in [3.63, 3.8) is 0 Å². The number of fused-ring (bicyclic) bond motifs is 1. The Hall–Kier alpha value is -2.19. The van der Waals surface area contributed by atoms with Crippen LogP contribution in [0, 0.1) is 6.92 Å². The van der Waals surface area contributed by atoms with Gasteiger partial charge in [0, 0.05) is 25.1 Å². The monoisotopic (exact) mass is 366 g/mol. The number of carbonyl (C=O) groups is 1. The predicted molar refractivity (Wildman–Crippen MR) is 91.3 cm³/mol. The summed E-state index contributed by atoms with van der Waals surface area (Å²) in [5, 5.41) is 0.164. The van der Waals surface area contributed by atoms with E-state index in [2.05, 4.69) is 9.97 Å². The highest BCUT2D eigenvalue weighted by Gasteiger charge is 2.33. The summed E-state index contributed by atoms with van der Waals surface area (Å²) in [5.41, 5.74) is 2.12. The molecule has 2 amide bonds. The van der Waals surface area contributed by atoms with E-state index in [1.807, 2.05) is 19.1 Å². The first kappa shape index (κ1) is 16.7. The van der Waals surface area contributed by atoms with Gasteiger partial charge in [-0.2, -0.15) is 0 Å². The van der Waals surface area contributed by atoms with E-state index in [1.54, 1.807) is 13.1 Å². The number of anilines is 2. The van der Waals surface area contributed by atoms with Gasteiger partial charge < -0.3 is 0 Å². The van der Waals surface area contributed by atoms with Crippen LogP contribution in [0.3, 0.4) is 0 Å². The van der Waals surface area contributed by atoms with Crippen LogP contribution in [-0.2, 0) is 16.4 Å². The lowest BCUT2D eigenvalue weighted by atomic mass is 10.1. The first-order valence-electron chi connectivity index (χ1n) is 7.06. The van der Waals surface area contributed by atoms with E-state index in [0.29, 0.717) is 16.3 Å². The van der Waals surface area contributed by atoms with Crippen molar-refractivity contribution in [1.29, 1.82) is 0 Å². The van der Waals surface area contributed by atoms with E-state index >= 15 is 0 Å². The number of urea groups is 1. The number of hydrogen-bond acceptors (Lipinski definition) is 5. The van der Waals surface area contributed by atoms with Gasteiger partial charge in [0.2, 0.25) is 15.0 Å². The Morgan fingerprint density at radius 2 is 2.00 bits per heavy atom. The summed E-state index contributed by atoms with van der Waals surface area (Å²) in [4.78, 5) is 23.5. The fourth-order valence-electron chi connectivity index (χ4n) is 2.61. The summed E-state index contributed by atoms with van der Waals surface area (Å²) in [6.45, 7) is 2.08. The van der Waals surface area contributed by atoms with Gasteiger partial charge in [-0.25, -0.2) is 23.2 Å². The highest BCUT2D eigenvalue weighted by Crippen LogP contribution is 2.35. The van der Waals surface area contributed by atoms with Gasteiger partial charge in [-0.3, -0.25) is 9.80 Å². The Morgan fingerprint density at radius 1 is 1.29 bits per heavy atom. The predicted octanol–water partition coefficient (Wildman–Crippen LogP) is 2.42. The van der Waals surface area contributed by atoms with Crippen LogP contribution in [-0.4, -0.2) is 37.7 Å². The lowest BCUT2D eigenvalue weighted by Gasteiger charge is -2.35. The van der Waals surface area contributed by atoms with Gasteiger partial charge in [-0.05, 0) is 18.6 Å². The average molecular weight is 367 g/mol. The fourth-order valence-corrected chi connectivity index (χ4v) is 3.43. The Bertz CT molecular complexity index is 925. The molecule has 0 saturated carbocycles. The minimum Gasteiger partial charge on any atom is -0.288 e. The third-order valence-electron chi connectivity index (χ3n) is 3.77. The molecular weight excluding hydrogens is 352 g/mol. The molecule has 9 heteroatoms. The number of sulfone groups is 1. The third kappa shape index (κ3) is 2.71. The second-order valence-electron chi connectivity index (χ2n) is 5.61. The number of nitrogens with zero attached hydrogens (tertiary/aromatic N) is 4. The molecule has 24 heavy (non-hydrogen) atoms. The van der Waals surface area contributed by atoms with Crippen LogP contribution in [0.4, 0.5) is 16.3 Å². The topological polar surface area (TPSA) is 83.5 Å². The van der Waals surface area contributed by atoms with Crippen molar-refractivity contribution >= 4 is 39.0 Å². The molecule has 0 spiro atoms. The zero-order valence-corrected chi connectivity index (χ0v) is 14.9. The van der Waals surface area contributed by atoms with Crippen LogP contribution >= 0.6 is 11.6 Å². The lowest BCUT2D eigenvalue weighted by Crippen LogP contribution is -2.46. The molecule has 1 aromatic carbocycles. The molecule has 0 atom stereocenters. The molecule has 0 aliphatic carbocycles. The number of carbonyl (C=O) groups excluding carboxylic acids is 1. The molecule has 2 aromatic rings. The third-order valence-corrected chi connectivity index (χ3v) is 4.94. The number of aromatic nitrogens is 2. The van der Waals surface area contributed by atoms with Crippen molar-refractivity contribution in [2.45, 2.75) is 18.6 Å². The number of aryl methyl sites for hydroxylation is 1. The van der Waals surface area contributed by atoms with E-state index in [1.165, 1.54) is 16.0 Å². The highest BCUT2D eigenvalue weighted by molar-refractivity contribution is 7.90. The van der Waals surface area contributed by atoms with E-state index in [0.717, 1.165) is 11.8 Å². The first-order chi connectivity index (χ1) is 11.2. The normalized spacial score (nSPS) is 14.8. The Kier molecular flexibility index (Phi) is 3.97. The van der Waals surface area contributed by atoms with Crippen molar-refractivity contribution in [1.82, 2.24) is 9.97 Å². The number of rotatable bonds is 2. The summed E-state index contributed by atoms with van der Waals surface area (Å²) in [6, 6.07) is 5.06. The number of hydrogen-bond donors (Lipinski definition) is 0. The summed E-state index contributed by atoms with van der Waals surface area (Å²) < 4.78 is 23.3. The molecule has 0 fully saturated rings. The zero-order valence-electron chi connectivity index (χ0n) is 13.3. The molecule has 1 aromatic heterocycles. The van der Waals surface area contributed by atoms with Crippen LogP contribution < -0.4 is 9.80 Å². The standard InChI is InChI=1S/C15H15ClN4O3S/c1-9-5-4-6-11(16)12(9)20-8-10-7-17-14(24(3,22)23)18-13(10)19(2)15(20)21/h4-7H,8H2,1-3H3. The Labute approximate surface area is 144 Å². The SMILES string of the molecule is Cc1cccc(Cl)c1N1Cc2cnc(S(C)(=O)=O)nc2N(C)C1=O. The van der Waals surface area contributed by atoms with E-state index in [-0.39, 0.29) is 23.6 Å². The van der Waals surface area contributed by atoms with Gasteiger partial charge in [-0.1, -0.05) is 23.7 Å². The molecule has 1 aliphatic rings. The summed E-state index contributed by atoms with van der Waals surface area (Å²) in [7, 11) is -2.01. The lowest BCUT2D eigenvalue weighted by molar-refractivity contribution is 0.251. The highest BCUT2D eigenvalue weighted by atomic mass is 35.5. The number of para-hydroxylation sites is 1. The van der Waals surface area contributed by atoms with Crippen molar-refractivity contribution in [3.05, 3.63) is 40.5 Å². The van der Waals surface area contributed by atoms with Gasteiger partial charge in [0.25, 0.3) is 0 Å². The zero-order chi connectivity index (χ0) is 17.6. The van der Waals surface area contributed by atoms with Crippen LogP contribution in [0.2, 0.25) is 5.02 Å². The van der Waals surface area contributed by atoms with Crippen molar-refractivity contribution in [2.75, 3.05) is 23.1 Å². The maximum Gasteiger partial charge on any atom is 0.330 e. The van der Waals surface area contributed by atoms with Crippen molar-refractivity contribution in [2.24, 2.45) is 0 Å². The molecular formula is C15H15ClN4O3S. The van der Waals surface area contributed by atoms with Crippen molar-refractivity contribution < 1.29 is 13.2 Å². The number of benzene rings is 1. The second kappa shape index (κ2) is 5.71. The Balaban J connectivity index is 2.11. The van der Waals surface area contributed by atoms with Crippen LogP contribution in [0.15, 0.2) is 29.6 Å². The quantitative estimate of drug-likeness (QED) is 0.762. The molecule has 7 nitrogen and oxygen atoms in total. The number of halogens is 1. The molecule has 0 N–H and O–H groups in total. The molecule has 3 rings (SSSR count). The van der Waals surface area contributed by atoms with Gasteiger partial charge in [-0.15, -0.1) is 0 Å². The van der Waals surface area contributed by atoms with Gasteiger partial charge >= 0.3 is 6.03 Å². The molecule has 0 unspecified atom stereocenters. The van der Waals surface area contributed by atoms with Gasteiger partial charge in [0.05, 0.1) is 17.3 Å². The van der Waals surface area contributed by atoms with Crippen LogP contribution in [0.25, 0.3) is 0 Å². The fraction of sp³-hybridized carbons (Fsp3) is 0.267. The van der Waals surface area contributed by atoms with Gasteiger partial charge in [0.15, 0.2) is 0 Å². The maximum atomic E-state index is 12.7.